The van der Waals surface area contributed by atoms with Gasteiger partial charge in [-0.2, -0.15) is 0 Å². The lowest BCUT2D eigenvalue weighted by Gasteiger charge is -2.25. The van der Waals surface area contributed by atoms with Crippen LogP contribution in [0.5, 0.6) is 0 Å². The molecule has 2 aromatic carbocycles. The van der Waals surface area contributed by atoms with E-state index in [9.17, 15) is 9.59 Å². The van der Waals surface area contributed by atoms with E-state index >= 15 is 0 Å². The molecule has 0 bridgehead atoms. The quantitative estimate of drug-likeness (QED) is 0.578. The second kappa shape index (κ2) is 7.36. The molecule has 6 heteroatoms. The molecule has 2 aromatic rings. The van der Waals surface area contributed by atoms with Crippen molar-refractivity contribution < 1.29 is 14.8 Å². The molecule has 0 aliphatic carbocycles. The van der Waals surface area contributed by atoms with Crippen molar-refractivity contribution in [2.45, 2.75) is 25.4 Å². The predicted molar refractivity (Wildman–Crippen MR) is 94.3 cm³/mol. The minimum absolute atomic E-state index is 0.0381. The molecule has 2 atom stereocenters. The molecule has 0 radical (unpaired) electrons. The molecule has 2 amide bonds. The molecule has 1 aliphatic rings. The van der Waals surface area contributed by atoms with Crippen LogP contribution in [0.25, 0.3) is 0 Å². The Morgan fingerprint density at radius 1 is 1.16 bits per heavy atom. The molecule has 0 aromatic heterocycles. The lowest BCUT2D eigenvalue weighted by Crippen LogP contribution is -2.35. The number of hydrogen-bond donors (Lipinski definition) is 3. The van der Waals surface area contributed by atoms with E-state index in [1.165, 1.54) is 0 Å². The monoisotopic (exact) mass is 339 g/mol. The second-order valence-corrected chi connectivity index (χ2v) is 6.12. The highest BCUT2D eigenvalue weighted by atomic mass is 16.5. The van der Waals surface area contributed by atoms with Gasteiger partial charge in [0.15, 0.2) is 0 Å². The Labute approximate surface area is 146 Å². The lowest BCUT2D eigenvalue weighted by atomic mass is 10.1. The molecule has 6 nitrogen and oxygen atoms in total. The van der Waals surface area contributed by atoms with Crippen LogP contribution in [0.3, 0.4) is 0 Å². The van der Waals surface area contributed by atoms with Gasteiger partial charge in [0, 0.05) is 17.8 Å². The molecule has 1 aliphatic heterocycles. The van der Waals surface area contributed by atoms with Gasteiger partial charge in [-0.3, -0.25) is 14.8 Å². The third-order valence-corrected chi connectivity index (χ3v) is 4.58. The number of nitrogens with one attached hydrogen (secondary N) is 2. The first kappa shape index (κ1) is 17.0. The van der Waals surface area contributed by atoms with Crippen molar-refractivity contribution in [3.8, 4) is 0 Å². The van der Waals surface area contributed by atoms with E-state index in [2.05, 4.69) is 5.32 Å². The van der Waals surface area contributed by atoms with Gasteiger partial charge in [0.05, 0.1) is 6.04 Å². The summed E-state index contributed by atoms with van der Waals surface area (Å²) in [7, 11) is 0. The summed E-state index contributed by atoms with van der Waals surface area (Å²) in [5, 5.41) is 11.9. The summed E-state index contributed by atoms with van der Waals surface area (Å²) in [6.07, 6.45) is 0.731. The van der Waals surface area contributed by atoms with Crippen LogP contribution in [0.4, 0.5) is 5.69 Å². The zero-order valence-electron chi connectivity index (χ0n) is 14.0. The molecule has 0 saturated carbocycles. The zero-order chi connectivity index (χ0) is 17.8. The van der Waals surface area contributed by atoms with Gasteiger partial charge in [0.25, 0.3) is 5.91 Å². The number of carbonyl (C=O) groups excluding carboxylic acids is 2. The summed E-state index contributed by atoms with van der Waals surface area (Å²) >= 11 is 0. The Balaban J connectivity index is 1.65. The van der Waals surface area contributed by atoms with Gasteiger partial charge >= 0.3 is 0 Å². The molecular weight excluding hydrogens is 318 g/mol. The van der Waals surface area contributed by atoms with Gasteiger partial charge in [-0.1, -0.05) is 30.3 Å². The molecule has 25 heavy (non-hydrogen) atoms. The summed E-state index contributed by atoms with van der Waals surface area (Å²) in [6, 6.07) is 16.4. The Hall–Kier alpha value is -2.86. The average Bonchev–Trinajstić information content (AvgIpc) is 3.02. The molecule has 130 valence electrons. The molecule has 1 heterocycles. The second-order valence-electron chi connectivity index (χ2n) is 6.12. The summed E-state index contributed by atoms with van der Waals surface area (Å²) in [5.41, 5.74) is 3.83. The number of hydrogen-bond acceptors (Lipinski definition) is 4. The summed E-state index contributed by atoms with van der Waals surface area (Å²) in [5.74, 6) is -0.486. The first-order valence-electron chi connectivity index (χ1n) is 8.26. The van der Waals surface area contributed by atoms with E-state index in [4.69, 9.17) is 5.21 Å². The van der Waals surface area contributed by atoms with E-state index in [0.29, 0.717) is 12.1 Å². The molecule has 1 unspecified atom stereocenters. The van der Waals surface area contributed by atoms with Gasteiger partial charge in [-0.25, -0.2) is 5.48 Å². The SMILES string of the molecule is C[C@H](c1ccccc1)N1CCC(Nc2ccc(C(=O)NO)cc2)C1=O. The van der Waals surface area contributed by atoms with Crippen LogP contribution < -0.4 is 10.8 Å². The van der Waals surface area contributed by atoms with Crippen LogP contribution >= 0.6 is 0 Å². The average molecular weight is 339 g/mol. The van der Waals surface area contributed by atoms with Crippen molar-refractivity contribution in [3.05, 3.63) is 65.7 Å². The number of anilines is 1. The number of carbonyl (C=O) groups is 2. The van der Waals surface area contributed by atoms with Crippen molar-refractivity contribution >= 4 is 17.5 Å². The van der Waals surface area contributed by atoms with Gasteiger partial charge < -0.3 is 10.2 Å². The Morgan fingerprint density at radius 2 is 1.84 bits per heavy atom. The molecule has 3 N–H and O–H groups in total. The van der Waals surface area contributed by atoms with Crippen molar-refractivity contribution in [1.82, 2.24) is 10.4 Å². The van der Waals surface area contributed by atoms with Crippen LogP contribution in [0, 0.1) is 0 Å². The van der Waals surface area contributed by atoms with Crippen LogP contribution in [-0.2, 0) is 4.79 Å². The molecule has 1 fully saturated rings. The van der Waals surface area contributed by atoms with Crippen LogP contribution in [0.2, 0.25) is 0 Å². The molecule has 3 rings (SSSR count). The largest absolute Gasteiger partial charge is 0.374 e. The normalized spacial score (nSPS) is 18.1. The van der Waals surface area contributed by atoms with E-state index in [1.807, 2.05) is 42.2 Å². The first-order chi connectivity index (χ1) is 12.1. The fraction of sp³-hybridized carbons (Fsp3) is 0.263. The van der Waals surface area contributed by atoms with E-state index in [0.717, 1.165) is 17.7 Å². The van der Waals surface area contributed by atoms with Gasteiger partial charge in [-0.15, -0.1) is 0 Å². The highest BCUT2D eigenvalue weighted by molar-refractivity contribution is 5.93. The fourth-order valence-corrected chi connectivity index (χ4v) is 3.12. The number of nitrogens with zero attached hydrogens (tertiary/aromatic N) is 1. The highest BCUT2D eigenvalue weighted by Gasteiger charge is 2.34. The Kier molecular flexibility index (Phi) is 5.00. The minimum atomic E-state index is -0.564. The molecule has 1 saturated heterocycles. The number of amides is 2. The van der Waals surface area contributed by atoms with Crippen LogP contribution in [0.1, 0.15) is 35.3 Å². The minimum Gasteiger partial charge on any atom is -0.374 e. The van der Waals surface area contributed by atoms with Crippen LogP contribution in [-0.4, -0.2) is 34.5 Å². The topological polar surface area (TPSA) is 81.7 Å². The Morgan fingerprint density at radius 3 is 2.48 bits per heavy atom. The third kappa shape index (κ3) is 3.64. The van der Waals surface area contributed by atoms with Crippen LogP contribution in [0.15, 0.2) is 54.6 Å². The van der Waals surface area contributed by atoms with Gasteiger partial charge in [0.2, 0.25) is 5.91 Å². The van der Waals surface area contributed by atoms with Crippen molar-refractivity contribution in [1.29, 1.82) is 0 Å². The first-order valence-corrected chi connectivity index (χ1v) is 8.26. The lowest BCUT2D eigenvalue weighted by molar-refractivity contribution is -0.130. The van der Waals surface area contributed by atoms with Gasteiger partial charge in [0.1, 0.15) is 6.04 Å². The smallest absolute Gasteiger partial charge is 0.274 e. The van der Waals surface area contributed by atoms with Gasteiger partial charge in [-0.05, 0) is 43.2 Å². The number of hydroxylamine groups is 1. The predicted octanol–water partition coefficient (Wildman–Crippen LogP) is 2.58. The molecule has 0 spiro atoms. The summed E-state index contributed by atoms with van der Waals surface area (Å²) < 4.78 is 0. The Bertz CT molecular complexity index is 746. The number of benzene rings is 2. The number of likely N-dealkylation sites (tertiary alicyclic amines) is 1. The van der Waals surface area contributed by atoms with E-state index in [1.54, 1.807) is 29.7 Å². The zero-order valence-corrected chi connectivity index (χ0v) is 14.0. The summed E-state index contributed by atoms with van der Waals surface area (Å²) in [6.45, 7) is 2.75. The van der Waals surface area contributed by atoms with Crippen molar-refractivity contribution in [2.24, 2.45) is 0 Å². The van der Waals surface area contributed by atoms with Crippen molar-refractivity contribution in [2.75, 3.05) is 11.9 Å². The number of rotatable bonds is 5. The maximum Gasteiger partial charge on any atom is 0.274 e. The van der Waals surface area contributed by atoms with E-state index in [-0.39, 0.29) is 18.0 Å². The third-order valence-electron chi connectivity index (χ3n) is 4.58. The standard InChI is InChI=1S/C19H21N3O3/c1-13(14-5-3-2-4-6-14)22-12-11-17(19(22)24)20-16-9-7-15(8-10-16)18(23)21-25/h2-10,13,17,20,25H,11-12H2,1H3,(H,21,23)/t13-,17?/m1/s1. The maximum atomic E-state index is 12.7. The molecular formula is C19H21N3O3. The summed E-state index contributed by atoms with van der Waals surface area (Å²) in [4.78, 5) is 25.9. The fourth-order valence-electron chi connectivity index (χ4n) is 3.12. The maximum absolute atomic E-state index is 12.7. The van der Waals surface area contributed by atoms with Crippen molar-refractivity contribution in [3.63, 3.8) is 0 Å². The highest BCUT2D eigenvalue weighted by Crippen LogP contribution is 2.27. The van der Waals surface area contributed by atoms with E-state index < -0.39 is 5.91 Å².